The van der Waals surface area contributed by atoms with Crippen LogP contribution in [0.2, 0.25) is 0 Å². The highest BCUT2D eigenvalue weighted by Gasteiger charge is 2.36. The molecular formula is C19H34N4O2S. The highest BCUT2D eigenvalue weighted by atomic mass is 32.2. The number of nitrogens with one attached hydrogen (secondary N) is 2. The lowest BCUT2D eigenvalue weighted by atomic mass is 9.82. The first kappa shape index (κ1) is 19.7. The molecule has 3 unspecified atom stereocenters. The van der Waals surface area contributed by atoms with E-state index < -0.39 is 9.84 Å². The van der Waals surface area contributed by atoms with Gasteiger partial charge in [-0.15, -0.1) is 0 Å². The summed E-state index contributed by atoms with van der Waals surface area (Å²) < 4.78 is 23.3. The summed E-state index contributed by atoms with van der Waals surface area (Å²) in [5, 5.41) is 7.03. The molecule has 3 heterocycles. The molecule has 0 amide bonds. The molecule has 2 N–H and O–H groups in total. The molecule has 148 valence electrons. The van der Waals surface area contributed by atoms with Gasteiger partial charge in [-0.05, 0) is 52.0 Å². The van der Waals surface area contributed by atoms with E-state index >= 15 is 0 Å². The zero-order valence-corrected chi connectivity index (χ0v) is 17.0. The van der Waals surface area contributed by atoms with Gasteiger partial charge in [-0.25, -0.2) is 13.4 Å². The number of hydrogen-bond acceptors (Lipinski definition) is 4. The number of fused-ring (bicyclic) bond motifs is 2. The average molecular weight is 383 g/mol. The Morgan fingerprint density at radius 2 is 1.92 bits per heavy atom. The Kier molecular flexibility index (Phi) is 6.28. The fourth-order valence-corrected chi connectivity index (χ4v) is 6.43. The molecule has 3 atom stereocenters. The summed E-state index contributed by atoms with van der Waals surface area (Å²) in [6, 6.07) is 1.77. The molecule has 0 spiro atoms. The topological polar surface area (TPSA) is 73.8 Å². The van der Waals surface area contributed by atoms with Gasteiger partial charge >= 0.3 is 0 Å². The van der Waals surface area contributed by atoms with Crippen LogP contribution in [0.5, 0.6) is 0 Å². The Hall–Kier alpha value is -1.08. The van der Waals surface area contributed by atoms with E-state index in [9.17, 15) is 8.42 Å². The summed E-state index contributed by atoms with van der Waals surface area (Å²) in [6.45, 7) is 7.18. The normalized spacial score (nSPS) is 34.5. The molecule has 3 rings (SSSR count). The van der Waals surface area contributed by atoms with Crippen molar-refractivity contribution in [2.45, 2.75) is 63.6 Å². The van der Waals surface area contributed by atoms with Crippen molar-refractivity contribution in [1.29, 1.82) is 0 Å². The highest BCUT2D eigenvalue weighted by Crippen LogP contribution is 2.32. The Morgan fingerprint density at radius 3 is 2.50 bits per heavy atom. The van der Waals surface area contributed by atoms with Crippen LogP contribution in [-0.4, -0.2) is 69.0 Å². The molecule has 26 heavy (non-hydrogen) atoms. The molecule has 0 aromatic carbocycles. The van der Waals surface area contributed by atoms with Crippen molar-refractivity contribution in [2.75, 3.05) is 31.6 Å². The Bertz CT molecular complexity index is 632. The number of aliphatic imine (C=N–C) groups is 1. The third-order valence-corrected chi connectivity index (χ3v) is 7.91. The minimum atomic E-state index is -2.83. The molecule has 7 heteroatoms. The molecule has 0 aromatic heterocycles. The molecule has 0 aromatic rings. The largest absolute Gasteiger partial charge is 0.356 e. The van der Waals surface area contributed by atoms with Gasteiger partial charge in [0, 0.05) is 24.7 Å². The van der Waals surface area contributed by atoms with Gasteiger partial charge in [0.15, 0.2) is 15.8 Å². The summed E-state index contributed by atoms with van der Waals surface area (Å²) in [6.07, 6.45) is 6.98. The van der Waals surface area contributed by atoms with E-state index in [1.807, 2.05) is 6.92 Å². The minimum Gasteiger partial charge on any atom is -0.356 e. The molecule has 3 saturated heterocycles. The Balaban J connectivity index is 1.57. The SMILES string of the molecule is C=C(C)CN=C(NCC1CCS(=O)(=O)C1)NC1CC2CCCC(C1)N2C. The molecule has 6 nitrogen and oxygen atoms in total. The second-order valence-electron chi connectivity index (χ2n) is 8.49. The van der Waals surface area contributed by atoms with E-state index in [2.05, 4.69) is 34.2 Å². The Labute approximate surface area is 158 Å². The minimum absolute atomic E-state index is 0.189. The van der Waals surface area contributed by atoms with Gasteiger partial charge in [-0.3, -0.25) is 0 Å². The maximum atomic E-state index is 11.7. The fraction of sp³-hybridized carbons (Fsp3) is 0.842. The van der Waals surface area contributed by atoms with Crippen LogP contribution in [0.1, 0.15) is 45.4 Å². The van der Waals surface area contributed by atoms with Crippen LogP contribution >= 0.6 is 0 Å². The summed E-state index contributed by atoms with van der Waals surface area (Å²) in [4.78, 5) is 7.22. The van der Waals surface area contributed by atoms with Crippen LogP contribution in [0.25, 0.3) is 0 Å². The number of guanidine groups is 1. The van der Waals surface area contributed by atoms with E-state index in [0.29, 0.717) is 42.7 Å². The zero-order chi connectivity index (χ0) is 18.7. The van der Waals surface area contributed by atoms with Crippen molar-refractivity contribution in [2.24, 2.45) is 10.9 Å². The summed E-state index contributed by atoms with van der Waals surface area (Å²) in [5.74, 6) is 1.62. The van der Waals surface area contributed by atoms with Gasteiger partial charge in [0.05, 0.1) is 18.1 Å². The molecule has 3 aliphatic heterocycles. The standard InChI is InChI=1S/C19H34N4O2S/c1-14(2)11-20-19(21-12-15-7-8-26(24,25)13-15)22-16-9-17-5-4-6-18(10-16)23(17)3/h15-18H,1,4-13H2,2-3H3,(H2,20,21,22). The molecule has 0 radical (unpaired) electrons. The zero-order valence-electron chi connectivity index (χ0n) is 16.2. The van der Waals surface area contributed by atoms with E-state index in [1.165, 1.54) is 19.3 Å². The molecule has 2 bridgehead atoms. The first-order valence-electron chi connectivity index (χ1n) is 9.94. The summed E-state index contributed by atoms with van der Waals surface area (Å²) >= 11 is 0. The predicted octanol–water partition coefficient (Wildman–Crippen LogP) is 1.55. The predicted molar refractivity (Wildman–Crippen MR) is 107 cm³/mol. The van der Waals surface area contributed by atoms with Gasteiger partial charge in [0.25, 0.3) is 0 Å². The first-order chi connectivity index (χ1) is 12.3. The van der Waals surface area contributed by atoms with Crippen molar-refractivity contribution in [3.63, 3.8) is 0 Å². The summed E-state index contributed by atoms with van der Waals surface area (Å²) in [5.41, 5.74) is 1.02. The molecular weight excluding hydrogens is 348 g/mol. The van der Waals surface area contributed by atoms with E-state index in [0.717, 1.165) is 30.8 Å². The van der Waals surface area contributed by atoms with Gasteiger partial charge in [0.2, 0.25) is 0 Å². The van der Waals surface area contributed by atoms with Crippen molar-refractivity contribution in [1.82, 2.24) is 15.5 Å². The lowest BCUT2D eigenvalue weighted by Gasteiger charge is -2.47. The lowest BCUT2D eigenvalue weighted by molar-refractivity contribution is 0.0526. The Morgan fingerprint density at radius 1 is 1.23 bits per heavy atom. The average Bonchev–Trinajstić information content (AvgIpc) is 2.90. The number of nitrogens with zero attached hydrogens (tertiary/aromatic N) is 2. The second-order valence-corrected chi connectivity index (χ2v) is 10.7. The lowest BCUT2D eigenvalue weighted by Crippen LogP contribution is -2.57. The van der Waals surface area contributed by atoms with Crippen LogP contribution in [0.3, 0.4) is 0 Å². The maximum absolute atomic E-state index is 11.7. The van der Waals surface area contributed by atoms with E-state index in [-0.39, 0.29) is 5.92 Å². The van der Waals surface area contributed by atoms with Crippen LogP contribution in [-0.2, 0) is 9.84 Å². The molecule has 3 fully saturated rings. The van der Waals surface area contributed by atoms with Crippen molar-refractivity contribution in [3.05, 3.63) is 12.2 Å². The van der Waals surface area contributed by atoms with Gasteiger partial charge in [-0.2, -0.15) is 0 Å². The summed E-state index contributed by atoms with van der Waals surface area (Å²) in [7, 11) is -0.569. The van der Waals surface area contributed by atoms with Crippen LogP contribution in [0.15, 0.2) is 17.1 Å². The quantitative estimate of drug-likeness (QED) is 0.429. The molecule has 0 saturated carbocycles. The molecule has 0 aliphatic carbocycles. The first-order valence-corrected chi connectivity index (χ1v) is 11.8. The van der Waals surface area contributed by atoms with Crippen LogP contribution < -0.4 is 10.6 Å². The third kappa shape index (κ3) is 5.22. The van der Waals surface area contributed by atoms with Gasteiger partial charge < -0.3 is 15.5 Å². The van der Waals surface area contributed by atoms with E-state index in [4.69, 9.17) is 0 Å². The third-order valence-electron chi connectivity index (χ3n) is 6.07. The highest BCUT2D eigenvalue weighted by molar-refractivity contribution is 7.91. The number of sulfone groups is 1. The smallest absolute Gasteiger partial charge is 0.191 e. The van der Waals surface area contributed by atoms with Crippen LogP contribution in [0, 0.1) is 5.92 Å². The van der Waals surface area contributed by atoms with Crippen molar-refractivity contribution >= 4 is 15.8 Å². The monoisotopic (exact) mass is 382 g/mol. The maximum Gasteiger partial charge on any atom is 0.191 e. The second kappa shape index (κ2) is 8.30. The number of rotatable bonds is 5. The van der Waals surface area contributed by atoms with Gasteiger partial charge in [0.1, 0.15) is 0 Å². The van der Waals surface area contributed by atoms with Gasteiger partial charge in [-0.1, -0.05) is 18.6 Å². The van der Waals surface area contributed by atoms with Crippen LogP contribution in [0.4, 0.5) is 0 Å². The molecule has 3 aliphatic rings. The van der Waals surface area contributed by atoms with E-state index in [1.54, 1.807) is 0 Å². The van der Waals surface area contributed by atoms with Crippen molar-refractivity contribution in [3.8, 4) is 0 Å². The van der Waals surface area contributed by atoms with Crippen molar-refractivity contribution < 1.29 is 8.42 Å². The number of hydrogen-bond donors (Lipinski definition) is 2. The number of piperidine rings is 2. The fourth-order valence-electron chi connectivity index (χ4n) is 4.57.